The Hall–Kier alpha value is -1.02. The normalized spacial score (nSPS) is 13.2. The van der Waals surface area contributed by atoms with Crippen LogP contribution < -0.4 is 4.74 Å². The lowest BCUT2D eigenvalue weighted by atomic mass is 9.72. The first-order valence-electron chi connectivity index (χ1n) is 9.41. The summed E-state index contributed by atoms with van der Waals surface area (Å²) in [4.78, 5) is 2.46. The topological polar surface area (TPSA) is 12.5 Å². The van der Waals surface area contributed by atoms with E-state index in [0.717, 1.165) is 25.3 Å². The molecule has 0 atom stereocenters. The second kappa shape index (κ2) is 8.38. The van der Waals surface area contributed by atoms with Crippen LogP contribution in [0.25, 0.3) is 0 Å². The van der Waals surface area contributed by atoms with Gasteiger partial charge in [-0.3, -0.25) is 4.90 Å². The fourth-order valence-corrected chi connectivity index (χ4v) is 3.81. The summed E-state index contributed by atoms with van der Waals surface area (Å²) in [7, 11) is 0. The lowest BCUT2D eigenvalue weighted by Gasteiger charge is -2.33. The second-order valence-electron chi connectivity index (χ2n) is 9.42. The van der Waals surface area contributed by atoms with E-state index in [2.05, 4.69) is 91.5 Å². The van der Waals surface area contributed by atoms with Crippen molar-refractivity contribution < 1.29 is 4.74 Å². The van der Waals surface area contributed by atoms with Crippen molar-refractivity contribution in [2.45, 2.75) is 86.2 Å². The molecule has 1 aromatic carbocycles. The minimum atomic E-state index is 0.183. The molecule has 0 fully saturated rings. The number of rotatable bonds is 8. The average molecular weight is 334 g/mol. The van der Waals surface area contributed by atoms with Crippen LogP contribution in [0.1, 0.15) is 74.3 Å². The predicted molar refractivity (Wildman–Crippen MR) is 106 cm³/mol. The van der Waals surface area contributed by atoms with Crippen LogP contribution in [-0.4, -0.2) is 30.1 Å². The summed E-state index contributed by atoms with van der Waals surface area (Å²) in [6, 6.07) is 9.79. The van der Waals surface area contributed by atoms with Crippen LogP contribution in [0.15, 0.2) is 24.3 Å². The van der Waals surface area contributed by atoms with Gasteiger partial charge >= 0.3 is 0 Å². The fraction of sp³-hybridized carbons (Fsp3) is 0.727. The number of hydrogen-bond acceptors (Lipinski definition) is 2. The lowest BCUT2D eigenvalue weighted by Crippen LogP contribution is -2.39. The van der Waals surface area contributed by atoms with Crippen molar-refractivity contribution in [3.8, 4) is 5.75 Å². The quantitative estimate of drug-likeness (QED) is 0.587. The molecule has 1 aromatic rings. The molecule has 0 saturated heterocycles. The summed E-state index contributed by atoms with van der Waals surface area (Å²) in [6.07, 6.45) is 1.16. The third-order valence-corrected chi connectivity index (χ3v) is 4.55. The molecule has 0 N–H and O–H groups in total. The lowest BCUT2D eigenvalue weighted by molar-refractivity contribution is 0.142. The van der Waals surface area contributed by atoms with Crippen molar-refractivity contribution in [2.75, 3.05) is 13.2 Å². The number of ether oxygens (including phenoxy) is 1. The molecule has 0 aliphatic carbocycles. The van der Waals surface area contributed by atoms with Crippen molar-refractivity contribution in [1.82, 2.24) is 4.90 Å². The molecule has 0 unspecified atom stereocenters. The van der Waals surface area contributed by atoms with Crippen molar-refractivity contribution in [3.05, 3.63) is 29.8 Å². The van der Waals surface area contributed by atoms with Gasteiger partial charge in [0, 0.05) is 18.6 Å². The summed E-state index contributed by atoms with van der Waals surface area (Å²) in [5.41, 5.74) is 1.90. The van der Waals surface area contributed by atoms with Gasteiger partial charge in [-0.25, -0.2) is 0 Å². The fourth-order valence-electron chi connectivity index (χ4n) is 3.81. The maximum absolute atomic E-state index is 5.96. The molecule has 0 radical (unpaired) electrons. The van der Waals surface area contributed by atoms with E-state index >= 15 is 0 Å². The highest BCUT2D eigenvalue weighted by atomic mass is 16.5. The summed E-state index contributed by atoms with van der Waals surface area (Å²) >= 11 is 0. The van der Waals surface area contributed by atoms with E-state index in [1.807, 2.05) is 0 Å². The molecule has 2 nitrogen and oxygen atoms in total. The zero-order valence-electron chi connectivity index (χ0n) is 17.4. The molecular weight excluding hydrogens is 294 g/mol. The predicted octanol–water partition coefficient (Wildman–Crippen LogP) is 5.90. The molecule has 0 amide bonds. The highest BCUT2D eigenvalue weighted by Gasteiger charge is 2.27. The third-order valence-electron chi connectivity index (χ3n) is 4.55. The van der Waals surface area contributed by atoms with E-state index in [1.54, 1.807) is 0 Å². The Morgan fingerprint density at radius 1 is 0.875 bits per heavy atom. The van der Waals surface area contributed by atoms with E-state index in [4.69, 9.17) is 4.74 Å². The van der Waals surface area contributed by atoms with Crippen molar-refractivity contribution in [2.24, 2.45) is 5.41 Å². The van der Waals surface area contributed by atoms with Gasteiger partial charge in [-0.1, -0.05) is 46.8 Å². The standard InChI is InChI=1S/C22H39NO/c1-17(2)23(18(3)4)14-15-24-20-12-10-19(11-13-20)22(8,9)16-21(5,6)7/h10-13,17-18H,14-16H2,1-9H3. The Morgan fingerprint density at radius 3 is 1.79 bits per heavy atom. The third kappa shape index (κ3) is 6.84. The Balaban J connectivity index is 2.62. The van der Waals surface area contributed by atoms with Gasteiger partial charge in [0.05, 0.1) is 0 Å². The Bertz CT molecular complexity index is 472. The van der Waals surface area contributed by atoms with E-state index < -0.39 is 0 Å². The van der Waals surface area contributed by atoms with Gasteiger partial charge in [0.25, 0.3) is 0 Å². The molecule has 24 heavy (non-hydrogen) atoms. The molecule has 138 valence electrons. The second-order valence-corrected chi connectivity index (χ2v) is 9.42. The Kier molecular flexibility index (Phi) is 7.34. The number of hydrogen-bond donors (Lipinski definition) is 0. The zero-order valence-corrected chi connectivity index (χ0v) is 17.4. The summed E-state index contributed by atoms with van der Waals surface area (Å²) in [5.74, 6) is 0.970. The summed E-state index contributed by atoms with van der Waals surface area (Å²) < 4.78 is 5.96. The molecular formula is C22H39NO. The van der Waals surface area contributed by atoms with Crippen molar-refractivity contribution in [1.29, 1.82) is 0 Å². The van der Waals surface area contributed by atoms with Crippen LogP contribution in [0.5, 0.6) is 5.75 Å². The zero-order chi connectivity index (χ0) is 18.5. The van der Waals surface area contributed by atoms with Crippen LogP contribution in [0.2, 0.25) is 0 Å². The minimum Gasteiger partial charge on any atom is -0.492 e. The molecule has 0 saturated carbocycles. The first kappa shape index (κ1) is 21.0. The summed E-state index contributed by atoms with van der Waals surface area (Å²) in [5, 5.41) is 0. The molecule has 0 bridgehead atoms. The SMILES string of the molecule is CC(C)N(CCOc1ccc(C(C)(C)CC(C)(C)C)cc1)C(C)C. The highest BCUT2D eigenvalue weighted by molar-refractivity contribution is 5.31. The van der Waals surface area contributed by atoms with E-state index in [9.17, 15) is 0 Å². The van der Waals surface area contributed by atoms with Crippen molar-refractivity contribution in [3.63, 3.8) is 0 Å². The van der Waals surface area contributed by atoms with Gasteiger partial charge in [-0.15, -0.1) is 0 Å². The van der Waals surface area contributed by atoms with Gasteiger partial charge in [-0.2, -0.15) is 0 Å². The Labute approximate surface area is 150 Å². The molecule has 2 heteroatoms. The molecule has 0 heterocycles. The molecule has 0 aromatic heterocycles. The number of benzene rings is 1. The number of nitrogens with zero attached hydrogens (tertiary/aromatic N) is 1. The first-order valence-corrected chi connectivity index (χ1v) is 9.41. The van der Waals surface area contributed by atoms with Gasteiger partial charge in [0.1, 0.15) is 12.4 Å². The van der Waals surface area contributed by atoms with Gasteiger partial charge in [0.2, 0.25) is 0 Å². The smallest absolute Gasteiger partial charge is 0.119 e. The van der Waals surface area contributed by atoms with Crippen LogP contribution in [0.3, 0.4) is 0 Å². The minimum absolute atomic E-state index is 0.183. The van der Waals surface area contributed by atoms with Gasteiger partial charge in [-0.05, 0) is 62.6 Å². The first-order chi connectivity index (χ1) is 10.9. The van der Waals surface area contributed by atoms with Crippen LogP contribution >= 0.6 is 0 Å². The largest absolute Gasteiger partial charge is 0.492 e. The van der Waals surface area contributed by atoms with E-state index in [-0.39, 0.29) is 5.41 Å². The van der Waals surface area contributed by atoms with Gasteiger partial charge in [0.15, 0.2) is 0 Å². The molecule has 0 aliphatic rings. The van der Waals surface area contributed by atoms with Crippen molar-refractivity contribution >= 4 is 0 Å². The van der Waals surface area contributed by atoms with Crippen LogP contribution in [0, 0.1) is 5.41 Å². The Morgan fingerprint density at radius 2 is 1.38 bits per heavy atom. The monoisotopic (exact) mass is 333 g/mol. The van der Waals surface area contributed by atoms with Gasteiger partial charge < -0.3 is 4.74 Å². The van der Waals surface area contributed by atoms with Crippen LogP contribution in [-0.2, 0) is 5.41 Å². The molecule has 0 spiro atoms. The molecule has 1 rings (SSSR count). The van der Waals surface area contributed by atoms with Crippen LogP contribution in [0.4, 0.5) is 0 Å². The average Bonchev–Trinajstić information content (AvgIpc) is 2.40. The van der Waals surface area contributed by atoms with E-state index in [1.165, 1.54) is 5.56 Å². The van der Waals surface area contributed by atoms with E-state index in [0.29, 0.717) is 17.5 Å². The maximum Gasteiger partial charge on any atom is 0.119 e. The maximum atomic E-state index is 5.96. The highest BCUT2D eigenvalue weighted by Crippen LogP contribution is 2.36. The summed E-state index contributed by atoms with van der Waals surface area (Å²) in [6.45, 7) is 22.3. The molecule has 0 aliphatic heterocycles.